The van der Waals surface area contributed by atoms with Crippen molar-refractivity contribution in [3.05, 3.63) is 48.0 Å². The van der Waals surface area contributed by atoms with Gasteiger partial charge in [0.15, 0.2) is 11.5 Å². The Bertz CT molecular complexity index is 900. The molecule has 138 valence electrons. The second-order valence-corrected chi connectivity index (χ2v) is 6.56. The lowest BCUT2D eigenvalue weighted by Crippen LogP contribution is -2.54. The van der Waals surface area contributed by atoms with Crippen LogP contribution in [0.5, 0.6) is 11.5 Å². The number of piperazine rings is 1. The molecule has 4 rings (SSSR count). The van der Waals surface area contributed by atoms with Crippen molar-refractivity contribution < 1.29 is 14.3 Å². The summed E-state index contributed by atoms with van der Waals surface area (Å²) in [5, 5.41) is 9.34. The maximum atomic E-state index is 12.8. The number of benzene rings is 2. The van der Waals surface area contributed by atoms with E-state index < -0.39 is 6.10 Å². The number of carbonyl (C=O) groups is 1. The number of nitrogens with zero attached hydrogens (tertiary/aromatic N) is 3. The van der Waals surface area contributed by atoms with Crippen molar-refractivity contribution in [2.75, 3.05) is 43.4 Å². The Morgan fingerprint density at radius 3 is 2.59 bits per heavy atom. The summed E-state index contributed by atoms with van der Waals surface area (Å²) in [5.74, 6) is 1.20. The lowest BCUT2D eigenvalue weighted by Gasteiger charge is -2.38. The van der Waals surface area contributed by atoms with Gasteiger partial charge in [0.1, 0.15) is 12.7 Å². The molecule has 0 aromatic heterocycles. The summed E-state index contributed by atoms with van der Waals surface area (Å²) in [6.07, 6.45) is -0.627. The number of para-hydroxylation sites is 2. The Kier molecular flexibility index (Phi) is 4.47. The van der Waals surface area contributed by atoms with E-state index in [9.17, 15) is 10.1 Å². The molecule has 0 saturated carbocycles. The molecule has 2 N–H and O–H groups in total. The van der Waals surface area contributed by atoms with E-state index in [0.29, 0.717) is 48.9 Å². The van der Waals surface area contributed by atoms with Gasteiger partial charge in [0.2, 0.25) is 6.10 Å². The van der Waals surface area contributed by atoms with Gasteiger partial charge in [0.25, 0.3) is 5.91 Å². The SMILES string of the molecule is N#Cc1cc(N)ccc1N1CCN(C(=O)[C@H]2COc3ccccc3O2)CC1. The molecule has 1 atom stereocenters. The molecule has 7 nitrogen and oxygen atoms in total. The Hall–Kier alpha value is -3.40. The third-order valence-corrected chi connectivity index (χ3v) is 4.86. The number of amides is 1. The third-order valence-electron chi connectivity index (χ3n) is 4.86. The van der Waals surface area contributed by atoms with E-state index in [1.165, 1.54) is 0 Å². The molecule has 27 heavy (non-hydrogen) atoms. The Morgan fingerprint density at radius 1 is 1.11 bits per heavy atom. The van der Waals surface area contributed by atoms with Crippen LogP contribution in [-0.2, 0) is 4.79 Å². The number of rotatable bonds is 2. The van der Waals surface area contributed by atoms with Gasteiger partial charge in [-0.2, -0.15) is 5.26 Å². The summed E-state index contributed by atoms with van der Waals surface area (Å²) >= 11 is 0. The zero-order valence-electron chi connectivity index (χ0n) is 14.8. The van der Waals surface area contributed by atoms with E-state index in [1.807, 2.05) is 24.3 Å². The zero-order valence-corrected chi connectivity index (χ0v) is 14.8. The molecule has 0 radical (unpaired) electrons. The maximum absolute atomic E-state index is 12.8. The van der Waals surface area contributed by atoms with Crippen molar-refractivity contribution in [2.45, 2.75) is 6.10 Å². The quantitative estimate of drug-likeness (QED) is 0.815. The van der Waals surface area contributed by atoms with Crippen LogP contribution in [0.4, 0.5) is 11.4 Å². The largest absolute Gasteiger partial charge is 0.485 e. The summed E-state index contributed by atoms with van der Waals surface area (Å²) in [6, 6.07) is 14.9. The summed E-state index contributed by atoms with van der Waals surface area (Å²) in [7, 11) is 0. The summed E-state index contributed by atoms with van der Waals surface area (Å²) < 4.78 is 11.5. The van der Waals surface area contributed by atoms with Crippen molar-refractivity contribution >= 4 is 17.3 Å². The molecule has 1 saturated heterocycles. The van der Waals surface area contributed by atoms with Gasteiger partial charge in [-0.15, -0.1) is 0 Å². The minimum absolute atomic E-state index is 0.0676. The smallest absolute Gasteiger partial charge is 0.267 e. The minimum atomic E-state index is -0.627. The molecule has 1 amide bonds. The molecule has 2 heterocycles. The molecule has 0 spiro atoms. The molecule has 1 fully saturated rings. The van der Waals surface area contributed by atoms with Crippen molar-refractivity contribution in [3.63, 3.8) is 0 Å². The average molecular weight is 364 g/mol. The molecule has 2 aliphatic heterocycles. The van der Waals surface area contributed by atoms with Gasteiger partial charge in [-0.05, 0) is 30.3 Å². The number of nitrogen functional groups attached to an aromatic ring is 1. The second kappa shape index (κ2) is 7.08. The van der Waals surface area contributed by atoms with Gasteiger partial charge < -0.3 is 25.0 Å². The van der Waals surface area contributed by atoms with Crippen LogP contribution >= 0.6 is 0 Å². The standard InChI is InChI=1S/C20H20N4O3/c21-12-14-11-15(22)5-6-16(14)23-7-9-24(10-8-23)20(25)19-13-26-17-3-1-2-4-18(17)27-19/h1-6,11,19H,7-10,13,22H2/t19-/m1/s1. The Balaban J connectivity index is 1.40. The van der Waals surface area contributed by atoms with Gasteiger partial charge in [0.05, 0.1) is 11.3 Å². The van der Waals surface area contributed by atoms with E-state index in [-0.39, 0.29) is 12.5 Å². The molecular formula is C20H20N4O3. The molecule has 2 aromatic carbocycles. The van der Waals surface area contributed by atoms with Crippen LogP contribution < -0.4 is 20.1 Å². The van der Waals surface area contributed by atoms with Gasteiger partial charge >= 0.3 is 0 Å². The topological polar surface area (TPSA) is 91.8 Å². The molecule has 0 unspecified atom stereocenters. The van der Waals surface area contributed by atoms with Gasteiger partial charge in [-0.1, -0.05) is 12.1 Å². The summed E-state index contributed by atoms with van der Waals surface area (Å²) in [6.45, 7) is 2.64. The number of fused-ring (bicyclic) bond motifs is 1. The van der Waals surface area contributed by atoms with Crippen LogP contribution in [0.15, 0.2) is 42.5 Å². The van der Waals surface area contributed by atoms with Crippen LogP contribution in [0, 0.1) is 11.3 Å². The lowest BCUT2D eigenvalue weighted by molar-refractivity contribution is -0.141. The highest BCUT2D eigenvalue weighted by Gasteiger charge is 2.33. The number of nitrogens with two attached hydrogens (primary N) is 1. The predicted molar refractivity (Wildman–Crippen MR) is 101 cm³/mol. The number of hydrogen-bond donors (Lipinski definition) is 1. The highest BCUT2D eigenvalue weighted by molar-refractivity contribution is 5.82. The van der Waals surface area contributed by atoms with Gasteiger partial charge in [0, 0.05) is 31.9 Å². The molecule has 0 bridgehead atoms. The van der Waals surface area contributed by atoms with Crippen LogP contribution in [0.1, 0.15) is 5.56 Å². The van der Waals surface area contributed by atoms with Crippen molar-refractivity contribution in [3.8, 4) is 17.6 Å². The second-order valence-electron chi connectivity index (χ2n) is 6.56. The number of anilines is 2. The molecule has 2 aromatic rings. The monoisotopic (exact) mass is 364 g/mol. The maximum Gasteiger partial charge on any atom is 0.267 e. The van der Waals surface area contributed by atoms with E-state index in [1.54, 1.807) is 23.1 Å². The number of ether oxygens (including phenoxy) is 2. The fourth-order valence-electron chi connectivity index (χ4n) is 3.43. The Morgan fingerprint density at radius 2 is 1.85 bits per heavy atom. The van der Waals surface area contributed by atoms with Crippen LogP contribution in [0.3, 0.4) is 0 Å². The molecular weight excluding hydrogens is 344 g/mol. The third kappa shape index (κ3) is 3.34. The van der Waals surface area contributed by atoms with E-state index in [4.69, 9.17) is 15.2 Å². The lowest BCUT2D eigenvalue weighted by atomic mass is 10.1. The van der Waals surface area contributed by atoms with Crippen molar-refractivity contribution in [1.29, 1.82) is 5.26 Å². The van der Waals surface area contributed by atoms with E-state index in [0.717, 1.165) is 5.69 Å². The first-order valence-corrected chi connectivity index (χ1v) is 8.87. The average Bonchev–Trinajstić information content (AvgIpc) is 2.73. The molecule has 2 aliphatic rings. The number of nitriles is 1. The summed E-state index contributed by atoms with van der Waals surface area (Å²) in [5.41, 5.74) is 7.73. The van der Waals surface area contributed by atoms with Crippen LogP contribution in [0.2, 0.25) is 0 Å². The number of carbonyl (C=O) groups excluding carboxylic acids is 1. The fraction of sp³-hybridized carbons (Fsp3) is 0.300. The van der Waals surface area contributed by atoms with Crippen molar-refractivity contribution in [1.82, 2.24) is 4.90 Å². The minimum Gasteiger partial charge on any atom is -0.485 e. The first-order chi connectivity index (χ1) is 13.2. The highest BCUT2D eigenvalue weighted by Crippen LogP contribution is 2.31. The fourth-order valence-corrected chi connectivity index (χ4v) is 3.43. The predicted octanol–water partition coefficient (Wildman–Crippen LogP) is 1.63. The van der Waals surface area contributed by atoms with Gasteiger partial charge in [-0.25, -0.2) is 0 Å². The number of hydrogen-bond acceptors (Lipinski definition) is 6. The first-order valence-electron chi connectivity index (χ1n) is 8.87. The summed E-state index contributed by atoms with van der Waals surface area (Å²) in [4.78, 5) is 16.7. The van der Waals surface area contributed by atoms with Crippen molar-refractivity contribution in [2.24, 2.45) is 0 Å². The van der Waals surface area contributed by atoms with Gasteiger partial charge in [-0.3, -0.25) is 4.79 Å². The molecule has 7 heteroatoms. The first kappa shape index (κ1) is 17.0. The van der Waals surface area contributed by atoms with Crippen LogP contribution in [0.25, 0.3) is 0 Å². The van der Waals surface area contributed by atoms with E-state index >= 15 is 0 Å². The van der Waals surface area contributed by atoms with Crippen LogP contribution in [-0.4, -0.2) is 49.7 Å². The zero-order chi connectivity index (χ0) is 18.8. The Labute approximate surface area is 157 Å². The highest BCUT2D eigenvalue weighted by atomic mass is 16.6. The van der Waals surface area contributed by atoms with E-state index in [2.05, 4.69) is 11.0 Å². The normalized spacial score (nSPS) is 18.7. The molecule has 0 aliphatic carbocycles.